The third-order valence-corrected chi connectivity index (χ3v) is 9.31. The average molecular weight is 555 g/mol. The number of phenolic OH excluding ortho intramolecular Hbond substituents is 2. The summed E-state index contributed by atoms with van der Waals surface area (Å²) in [6, 6.07) is 8.14. The van der Waals surface area contributed by atoms with Gasteiger partial charge in [0.25, 0.3) is 0 Å². The lowest BCUT2D eigenvalue weighted by Gasteiger charge is -2.20. The van der Waals surface area contributed by atoms with Gasteiger partial charge in [0.2, 0.25) is 0 Å². The van der Waals surface area contributed by atoms with Crippen LogP contribution < -0.4 is 0 Å². The van der Waals surface area contributed by atoms with E-state index in [1.165, 1.54) is 135 Å². The van der Waals surface area contributed by atoms with Crippen molar-refractivity contribution >= 4 is 11.8 Å². The molecular formula is C36H58O2S. The minimum atomic E-state index is 0.417. The molecule has 0 bridgehead atoms. The molecule has 0 radical (unpaired) electrons. The highest BCUT2D eigenvalue weighted by Gasteiger charge is 2.18. The molecule has 0 atom stereocenters. The molecule has 0 aliphatic rings. The van der Waals surface area contributed by atoms with Crippen LogP contribution in [0.25, 0.3) is 0 Å². The molecule has 2 N–H and O–H groups in total. The third-order valence-electron chi connectivity index (χ3n) is 7.86. The Morgan fingerprint density at radius 1 is 0.410 bits per heavy atom. The number of benzene rings is 2. The van der Waals surface area contributed by atoms with Crippen molar-refractivity contribution in [2.45, 2.75) is 166 Å². The van der Waals surface area contributed by atoms with E-state index >= 15 is 0 Å². The van der Waals surface area contributed by atoms with E-state index in [9.17, 15) is 10.2 Å². The van der Waals surface area contributed by atoms with Gasteiger partial charge >= 0.3 is 0 Å². The fraction of sp³-hybridized carbons (Fsp3) is 0.667. The Balaban J connectivity index is 2.48. The lowest BCUT2D eigenvalue weighted by molar-refractivity contribution is 0.472. The molecule has 2 nitrogen and oxygen atoms in total. The van der Waals surface area contributed by atoms with Crippen molar-refractivity contribution < 1.29 is 10.2 Å². The maximum Gasteiger partial charge on any atom is 0.116 e. The summed E-state index contributed by atoms with van der Waals surface area (Å²) in [5.41, 5.74) is 5.24. The fourth-order valence-corrected chi connectivity index (χ4v) is 6.92. The SMILES string of the molecule is CCCCCCc1cc(O)cc(CCCCCC)c1Sc1c(CCCCCC)cc(O)cc1CCCCCC. The molecular weight excluding hydrogens is 496 g/mol. The summed E-state index contributed by atoms with van der Waals surface area (Å²) in [6.45, 7) is 9.05. The van der Waals surface area contributed by atoms with Gasteiger partial charge in [-0.25, -0.2) is 0 Å². The number of phenols is 2. The van der Waals surface area contributed by atoms with Crippen LogP contribution in [0.2, 0.25) is 0 Å². The molecule has 0 unspecified atom stereocenters. The zero-order valence-corrected chi connectivity index (χ0v) is 26.6. The molecule has 0 saturated carbocycles. The predicted molar refractivity (Wildman–Crippen MR) is 172 cm³/mol. The second-order valence-corrected chi connectivity index (χ2v) is 12.6. The van der Waals surface area contributed by atoms with Gasteiger partial charge in [0, 0.05) is 9.79 Å². The van der Waals surface area contributed by atoms with E-state index in [-0.39, 0.29) is 0 Å². The van der Waals surface area contributed by atoms with Gasteiger partial charge in [-0.15, -0.1) is 0 Å². The topological polar surface area (TPSA) is 40.5 Å². The van der Waals surface area contributed by atoms with Crippen LogP contribution in [0, 0.1) is 0 Å². The van der Waals surface area contributed by atoms with Crippen LogP contribution in [0.3, 0.4) is 0 Å². The number of aryl methyl sites for hydroxylation is 4. The van der Waals surface area contributed by atoms with Gasteiger partial charge in [0.15, 0.2) is 0 Å². The second-order valence-electron chi connectivity index (χ2n) is 11.5. The Morgan fingerprint density at radius 3 is 0.897 bits per heavy atom. The molecule has 0 aromatic heterocycles. The van der Waals surface area contributed by atoms with Crippen LogP contribution in [-0.4, -0.2) is 10.2 Å². The molecule has 0 amide bonds. The van der Waals surface area contributed by atoms with Crippen LogP contribution in [0.5, 0.6) is 11.5 Å². The Labute approximate surface area is 245 Å². The van der Waals surface area contributed by atoms with Crippen molar-refractivity contribution in [3.8, 4) is 11.5 Å². The molecule has 2 aromatic rings. The Bertz CT molecular complexity index is 794. The lowest BCUT2D eigenvalue weighted by Crippen LogP contribution is -2.01. The molecule has 0 saturated heterocycles. The van der Waals surface area contributed by atoms with E-state index in [0.29, 0.717) is 11.5 Å². The number of hydrogen-bond acceptors (Lipinski definition) is 3. The van der Waals surface area contributed by atoms with E-state index in [2.05, 4.69) is 27.7 Å². The van der Waals surface area contributed by atoms with Crippen LogP contribution in [0.4, 0.5) is 0 Å². The summed E-state index contributed by atoms with van der Waals surface area (Å²) < 4.78 is 0. The molecule has 0 aliphatic carbocycles. The summed E-state index contributed by atoms with van der Waals surface area (Å²) in [4.78, 5) is 2.74. The predicted octanol–water partition coefficient (Wildman–Crippen LogP) is 11.7. The van der Waals surface area contributed by atoms with Crippen molar-refractivity contribution in [3.05, 3.63) is 46.5 Å². The molecule has 0 fully saturated rings. The van der Waals surface area contributed by atoms with Gasteiger partial charge in [0.1, 0.15) is 11.5 Å². The first-order chi connectivity index (χ1) is 19.0. The van der Waals surface area contributed by atoms with Crippen molar-refractivity contribution in [3.63, 3.8) is 0 Å². The summed E-state index contributed by atoms with van der Waals surface area (Å²) in [5, 5.41) is 21.5. The summed E-state index contributed by atoms with van der Waals surface area (Å²) >= 11 is 1.94. The van der Waals surface area contributed by atoms with Crippen molar-refractivity contribution in [1.29, 1.82) is 0 Å². The average Bonchev–Trinajstić information content (AvgIpc) is 2.92. The van der Waals surface area contributed by atoms with E-state index < -0.39 is 0 Å². The lowest BCUT2D eigenvalue weighted by atomic mass is 9.99. The number of hydrogen-bond donors (Lipinski definition) is 2. The van der Waals surface area contributed by atoms with Crippen molar-refractivity contribution in [2.75, 3.05) is 0 Å². The minimum Gasteiger partial charge on any atom is -0.508 e. The highest BCUT2D eigenvalue weighted by molar-refractivity contribution is 7.99. The molecule has 0 aliphatic heterocycles. The first-order valence-corrected chi connectivity index (χ1v) is 17.2. The summed E-state index contributed by atoms with van der Waals surface area (Å²) in [6.07, 6.45) is 23.8. The zero-order chi connectivity index (χ0) is 28.3. The molecule has 2 aromatic carbocycles. The Kier molecular flexibility index (Phi) is 17.5. The van der Waals surface area contributed by atoms with Gasteiger partial charge < -0.3 is 10.2 Å². The summed E-state index contributed by atoms with van der Waals surface area (Å²) in [5.74, 6) is 0.834. The van der Waals surface area contributed by atoms with Gasteiger partial charge in [0.05, 0.1) is 0 Å². The summed E-state index contributed by atoms with van der Waals surface area (Å²) in [7, 11) is 0. The molecule has 3 heteroatoms. The van der Waals surface area contributed by atoms with E-state index in [4.69, 9.17) is 0 Å². The highest BCUT2D eigenvalue weighted by Crippen LogP contribution is 2.42. The molecule has 220 valence electrons. The maximum atomic E-state index is 10.7. The maximum absolute atomic E-state index is 10.7. The van der Waals surface area contributed by atoms with Gasteiger partial charge in [-0.2, -0.15) is 0 Å². The van der Waals surface area contributed by atoms with E-state index in [1.807, 2.05) is 36.0 Å². The molecule has 0 spiro atoms. The second kappa shape index (κ2) is 20.3. The minimum absolute atomic E-state index is 0.417. The van der Waals surface area contributed by atoms with E-state index in [1.54, 1.807) is 0 Å². The molecule has 39 heavy (non-hydrogen) atoms. The van der Waals surface area contributed by atoms with Gasteiger partial charge in [-0.1, -0.05) is 117 Å². The number of aromatic hydroxyl groups is 2. The van der Waals surface area contributed by atoms with Crippen LogP contribution in [0.1, 0.15) is 153 Å². The quantitative estimate of drug-likeness (QED) is 0.142. The van der Waals surface area contributed by atoms with Gasteiger partial charge in [-0.05, 0) is 97.9 Å². The first-order valence-electron chi connectivity index (χ1n) is 16.4. The van der Waals surface area contributed by atoms with Crippen molar-refractivity contribution in [2.24, 2.45) is 0 Å². The monoisotopic (exact) mass is 554 g/mol. The molecule has 0 heterocycles. The van der Waals surface area contributed by atoms with Crippen LogP contribution in [0.15, 0.2) is 34.1 Å². The Morgan fingerprint density at radius 2 is 0.667 bits per heavy atom. The van der Waals surface area contributed by atoms with Crippen LogP contribution in [-0.2, 0) is 25.7 Å². The third kappa shape index (κ3) is 12.6. The van der Waals surface area contributed by atoms with Crippen LogP contribution >= 0.6 is 11.8 Å². The Hall–Kier alpha value is -1.61. The zero-order valence-electron chi connectivity index (χ0n) is 25.8. The first kappa shape index (κ1) is 33.6. The normalized spacial score (nSPS) is 11.4. The number of unbranched alkanes of at least 4 members (excludes halogenated alkanes) is 12. The van der Waals surface area contributed by atoms with E-state index in [0.717, 1.165) is 25.7 Å². The highest BCUT2D eigenvalue weighted by atomic mass is 32.2. The van der Waals surface area contributed by atoms with Gasteiger partial charge in [-0.3, -0.25) is 0 Å². The fourth-order valence-electron chi connectivity index (χ4n) is 5.55. The largest absolute Gasteiger partial charge is 0.508 e. The number of rotatable bonds is 22. The van der Waals surface area contributed by atoms with Crippen molar-refractivity contribution in [1.82, 2.24) is 0 Å². The molecule has 2 rings (SSSR count). The smallest absolute Gasteiger partial charge is 0.116 e. The standard InChI is InChI=1S/C36H58O2S/c1-5-9-13-17-21-29-25-33(37)26-30(22-18-14-10-6-2)35(29)39-36-31(23-19-15-11-7-3)27-34(38)28-32(36)24-20-16-12-8-4/h25-28,37-38H,5-24H2,1-4H3.